The Kier molecular flexibility index (Phi) is 5.51. The summed E-state index contributed by atoms with van der Waals surface area (Å²) in [6.07, 6.45) is 0. The number of fused-ring (bicyclic) bond motifs is 3. The molecular weight excluding hydrogens is 456 g/mol. The Morgan fingerprint density at radius 2 is 1.63 bits per heavy atom. The lowest BCUT2D eigenvalue weighted by Crippen LogP contribution is -2.27. The average molecular weight is 479 g/mol. The molecule has 6 rings (SSSR count). The van der Waals surface area contributed by atoms with Crippen molar-refractivity contribution in [3.63, 3.8) is 0 Å². The maximum atomic E-state index is 12.9. The molecule has 2 amide bonds. The van der Waals surface area contributed by atoms with Crippen LogP contribution in [0.2, 0.25) is 0 Å². The monoisotopic (exact) mass is 478 g/mol. The van der Waals surface area contributed by atoms with Gasteiger partial charge in [-0.2, -0.15) is 0 Å². The first-order chi connectivity index (χ1) is 17.2. The summed E-state index contributed by atoms with van der Waals surface area (Å²) in [6.45, 7) is 0.573. The zero-order valence-corrected chi connectivity index (χ0v) is 19.6. The predicted molar refractivity (Wildman–Crippen MR) is 140 cm³/mol. The van der Waals surface area contributed by atoms with Gasteiger partial charge in [0.25, 0.3) is 5.91 Å². The lowest BCUT2D eigenvalue weighted by Gasteiger charge is -2.24. The predicted octanol–water partition coefficient (Wildman–Crippen LogP) is 6.61. The quantitative estimate of drug-likeness (QED) is 0.309. The highest BCUT2D eigenvalue weighted by atomic mass is 32.2. The highest BCUT2D eigenvalue weighted by molar-refractivity contribution is 8.00. The van der Waals surface area contributed by atoms with Gasteiger partial charge in [-0.25, -0.2) is 0 Å². The lowest BCUT2D eigenvalue weighted by molar-refractivity contribution is -0.128. The molecule has 6 heteroatoms. The van der Waals surface area contributed by atoms with Crippen LogP contribution in [0.3, 0.4) is 0 Å². The summed E-state index contributed by atoms with van der Waals surface area (Å²) in [6, 6.07) is 31.1. The minimum absolute atomic E-state index is 0.0599. The highest BCUT2D eigenvalue weighted by Gasteiger charge is 2.32. The molecule has 1 aliphatic heterocycles. The summed E-state index contributed by atoms with van der Waals surface area (Å²) in [5.41, 5.74) is 4.91. The molecule has 1 fully saturated rings. The maximum absolute atomic E-state index is 12.9. The molecule has 0 saturated carbocycles. The molecule has 1 atom stereocenters. The Morgan fingerprint density at radius 1 is 0.886 bits per heavy atom. The van der Waals surface area contributed by atoms with Crippen LogP contribution in [0.15, 0.2) is 101 Å². The van der Waals surface area contributed by atoms with Crippen LogP contribution in [0, 0.1) is 0 Å². The summed E-state index contributed by atoms with van der Waals surface area (Å²) < 4.78 is 5.93. The van der Waals surface area contributed by atoms with E-state index in [-0.39, 0.29) is 17.2 Å². The first-order valence-corrected chi connectivity index (χ1v) is 12.5. The minimum atomic E-state index is -0.191. The normalized spacial score (nSPS) is 15.7. The van der Waals surface area contributed by atoms with Gasteiger partial charge < -0.3 is 14.6 Å². The second kappa shape index (κ2) is 8.96. The molecule has 0 bridgehead atoms. The molecular formula is C29H22N2O3S. The van der Waals surface area contributed by atoms with Crippen LogP contribution in [0.1, 0.15) is 26.9 Å². The van der Waals surface area contributed by atoms with Crippen molar-refractivity contribution in [2.24, 2.45) is 0 Å². The van der Waals surface area contributed by atoms with Gasteiger partial charge in [-0.05, 0) is 41.5 Å². The fourth-order valence-electron chi connectivity index (χ4n) is 4.49. The van der Waals surface area contributed by atoms with Crippen molar-refractivity contribution in [3.8, 4) is 0 Å². The van der Waals surface area contributed by atoms with Gasteiger partial charge in [0.15, 0.2) is 0 Å². The number of rotatable bonds is 5. The number of nitrogens with one attached hydrogen (secondary N) is 1. The number of thioether (sulfide) groups is 1. The van der Waals surface area contributed by atoms with Crippen molar-refractivity contribution in [2.75, 3.05) is 11.1 Å². The molecule has 0 radical (unpaired) electrons. The highest BCUT2D eigenvalue weighted by Crippen LogP contribution is 2.39. The van der Waals surface area contributed by atoms with E-state index in [1.807, 2.05) is 102 Å². The zero-order valence-electron chi connectivity index (χ0n) is 18.8. The molecule has 35 heavy (non-hydrogen) atoms. The second-order valence-corrected chi connectivity index (χ2v) is 9.62. The number of para-hydroxylation sites is 1. The number of nitrogens with zero attached hydrogens (tertiary/aromatic N) is 1. The standard InChI is InChI=1S/C29H22N2O3S/c32-27-18-35-29(31(27)17-19-6-2-1-3-7-19)21-12-10-20(11-13-21)28(33)30-22-14-15-24-23-8-4-5-9-25(23)34-26(24)16-22/h1-16,29H,17-18H2,(H,30,33)/t29-/m1/s1. The maximum Gasteiger partial charge on any atom is 0.255 e. The van der Waals surface area contributed by atoms with Crippen molar-refractivity contribution in [3.05, 3.63) is 114 Å². The van der Waals surface area contributed by atoms with Crippen molar-refractivity contribution in [2.45, 2.75) is 11.9 Å². The van der Waals surface area contributed by atoms with Gasteiger partial charge in [-0.1, -0.05) is 60.7 Å². The van der Waals surface area contributed by atoms with E-state index in [4.69, 9.17) is 4.42 Å². The molecule has 1 N–H and O–H groups in total. The van der Waals surface area contributed by atoms with E-state index in [1.165, 1.54) is 0 Å². The number of carbonyl (C=O) groups excluding carboxylic acids is 2. The summed E-state index contributed by atoms with van der Waals surface area (Å²) in [7, 11) is 0. The number of hydrogen-bond donors (Lipinski definition) is 1. The van der Waals surface area contributed by atoms with E-state index < -0.39 is 0 Å². The van der Waals surface area contributed by atoms with Crippen molar-refractivity contribution < 1.29 is 14.0 Å². The Hall–Kier alpha value is -4.03. The van der Waals surface area contributed by atoms with E-state index in [0.717, 1.165) is 33.1 Å². The van der Waals surface area contributed by atoms with Gasteiger partial charge in [0, 0.05) is 34.6 Å². The van der Waals surface area contributed by atoms with Crippen molar-refractivity contribution in [1.82, 2.24) is 4.90 Å². The number of carbonyl (C=O) groups is 2. The molecule has 1 aliphatic rings. The van der Waals surface area contributed by atoms with Gasteiger partial charge in [0.2, 0.25) is 5.91 Å². The number of furan rings is 1. The van der Waals surface area contributed by atoms with Crippen LogP contribution < -0.4 is 5.32 Å². The van der Waals surface area contributed by atoms with Gasteiger partial charge >= 0.3 is 0 Å². The third-order valence-electron chi connectivity index (χ3n) is 6.26. The number of hydrogen-bond acceptors (Lipinski definition) is 4. The average Bonchev–Trinajstić information content (AvgIpc) is 3.44. The summed E-state index contributed by atoms with van der Waals surface area (Å²) in [4.78, 5) is 27.3. The molecule has 5 nitrogen and oxygen atoms in total. The molecule has 4 aromatic carbocycles. The van der Waals surface area contributed by atoms with Gasteiger partial charge in [-0.15, -0.1) is 11.8 Å². The fourth-order valence-corrected chi connectivity index (χ4v) is 5.68. The lowest BCUT2D eigenvalue weighted by atomic mass is 10.1. The van der Waals surface area contributed by atoms with Crippen LogP contribution in [-0.2, 0) is 11.3 Å². The SMILES string of the molecule is O=C(Nc1ccc2c(c1)oc1ccccc12)c1ccc([C@H]2SCC(=O)N2Cc2ccccc2)cc1. The molecule has 1 aromatic heterocycles. The molecule has 1 saturated heterocycles. The van der Waals surface area contributed by atoms with Crippen LogP contribution in [0.25, 0.3) is 21.9 Å². The smallest absolute Gasteiger partial charge is 0.255 e. The van der Waals surface area contributed by atoms with Crippen LogP contribution >= 0.6 is 11.8 Å². The molecule has 0 aliphatic carbocycles. The van der Waals surface area contributed by atoms with Gasteiger partial charge in [0.05, 0.1) is 5.75 Å². The fraction of sp³-hybridized carbons (Fsp3) is 0.103. The zero-order chi connectivity index (χ0) is 23.8. The largest absolute Gasteiger partial charge is 0.456 e. The van der Waals surface area contributed by atoms with Crippen molar-refractivity contribution >= 4 is 51.2 Å². The first kappa shape index (κ1) is 21.5. The van der Waals surface area contributed by atoms with E-state index in [2.05, 4.69) is 5.32 Å². The second-order valence-electron chi connectivity index (χ2n) is 8.56. The molecule has 2 heterocycles. The third-order valence-corrected chi connectivity index (χ3v) is 7.51. The summed E-state index contributed by atoms with van der Waals surface area (Å²) in [5.74, 6) is 0.402. The first-order valence-electron chi connectivity index (χ1n) is 11.4. The van der Waals surface area contributed by atoms with Gasteiger partial charge in [0.1, 0.15) is 16.5 Å². The molecule has 0 unspecified atom stereocenters. The van der Waals surface area contributed by atoms with Crippen LogP contribution in [0.5, 0.6) is 0 Å². The van der Waals surface area contributed by atoms with E-state index >= 15 is 0 Å². The Bertz CT molecular complexity index is 1540. The van der Waals surface area contributed by atoms with E-state index in [9.17, 15) is 9.59 Å². The Morgan fingerprint density at radius 3 is 2.46 bits per heavy atom. The van der Waals surface area contributed by atoms with E-state index in [0.29, 0.717) is 23.5 Å². The summed E-state index contributed by atoms with van der Waals surface area (Å²) in [5, 5.41) is 4.98. The Balaban J connectivity index is 1.18. The van der Waals surface area contributed by atoms with Gasteiger partial charge in [-0.3, -0.25) is 9.59 Å². The molecule has 0 spiro atoms. The van der Waals surface area contributed by atoms with Crippen LogP contribution in [-0.4, -0.2) is 22.5 Å². The third kappa shape index (κ3) is 4.17. The van der Waals surface area contributed by atoms with Crippen LogP contribution in [0.4, 0.5) is 5.69 Å². The Labute approximate surface area is 206 Å². The molecule has 172 valence electrons. The number of anilines is 1. The molecule has 5 aromatic rings. The number of amides is 2. The summed E-state index contributed by atoms with van der Waals surface area (Å²) >= 11 is 1.62. The minimum Gasteiger partial charge on any atom is -0.456 e. The van der Waals surface area contributed by atoms with Crippen molar-refractivity contribution in [1.29, 1.82) is 0 Å². The number of benzene rings is 4. The topological polar surface area (TPSA) is 62.6 Å². The van der Waals surface area contributed by atoms with E-state index in [1.54, 1.807) is 11.8 Å².